The molecule has 1 aromatic heterocycles. The fourth-order valence-electron chi connectivity index (χ4n) is 2.37. The van der Waals surface area contributed by atoms with Crippen molar-refractivity contribution in [2.75, 3.05) is 24.3 Å². The Kier molecular flexibility index (Phi) is 5.46. The van der Waals surface area contributed by atoms with Crippen molar-refractivity contribution in [1.29, 1.82) is 0 Å². The van der Waals surface area contributed by atoms with Crippen LogP contribution in [0.5, 0.6) is 0 Å². The van der Waals surface area contributed by atoms with Crippen molar-refractivity contribution in [1.82, 2.24) is 9.78 Å². The van der Waals surface area contributed by atoms with E-state index in [9.17, 15) is 9.59 Å². The van der Waals surface area contributed by atoms with Crippen molar-refractivity contribution in [3.05, 3.63) is 41.2 Å². The van der Waals surface area contributed by atoms with E-state index in [1.54, 1.807) is 36.9 Å². The average molecular weight is 344 g/mol. The van der Waals surface area contributed by atoms with Crippen LogP contribution in [-0.4, -0.2) is 41.9 Å². The Morgan fingerprint density at radius 2 is 1.96 bits per heavy atom. The van der Waals surface area contributed by atoms with Crippen molar-refractivity contribution >= 4 is 23.3 Å². The predicted octanol–water partition coefficient (Wildman–Crippen LogP) is 2.29. The lowest BCUT2D eigenvalue weighted by Crippen LogP contribution is -2.30. The van der Waals surface area contributed by atoms with Gasteiger partial charge >= 0.3 is 5.97 Å². The molecule has 0 aliphatic carbocycles. The summed E-state index contributed by atoms with van der Waals surface area (Å²) >= 11 is 0. The molecule has 0 bridgehead atoms. The van der Waals surface area contributed by atoms with E-state index in [0.29, 0.717) is 16.9 Å². The largest absolute Gasteiger partial charge is 0.449 e. The lowest BCUT2D eigenvalue weighted by atomic mass is 10.2. The fraction of sp³-hybridized carbons (Fsp3) is 0.389. The number of nitrogens with zero attached hydrogens (tertiary/aromatic N) is 3. The van der Waals surface area contributed by atoms with Crippen LogP contribution in [0.2, 0.25) is 0 Å². The molecule has 0 saturated heterocycles. The number of hydrogen-bond acceptors (Lipinski definition) is 5. The monoisotopic (exact) mass is 344 g/mol. The molecular weight excluding hydrogens is 320 g/mol. The lowest BCUT2D eigenvalue weighted by Gasteiger charge is -2.16. The van der Waals surface area contributed by atoms with E-state index in [0.717, 1.165) is 11.4 Å². The van der Waals surface area contributed by atoms with Gasteiger partial charge in [0.05, 0.1) is 22.6 Å². The van der Waals surface area contributed by atoms with E-state index < -0.39 is 18.0 Å². The third-order valence-corrected chi connectivity index (χ3v) is 4.01. The summed E-state index contributed by atoms with van der Waals surface area (Å²) in [7, 11) is 5.58. The number of benzene rings is 1. The van der Waals surface area contributed by atoms with Gasteiger partial charge in [-0.3, -0.25) is 9.48 Å². The minimum Gasteiger partial charge on any atom is -0.449 e. The Morgan fingerprint density at radius 3 is 2.52 bits per heavy atom. The van der Waals surface area contributed by atoms with Crippen LogP contribution in [0.1, 0.15) is 28.7 Å². The number of ether oxygens (including phenoxy) is 1. The van der Waals surface area contributed by atoms with Gasteiger partial charge in [0, 0.05) is 26.8 Å². The molecule has 7 nitrogen and oxygen atoms in total. The number of aromatic nitrogens is 2. The molecule has 0 fully saturated rings. The number of amides is 1. The lowest BCUT2D eigenvalue weighted by molar-refractivity contribution is -0.123. The van der Waals surface area contributed by atoms with E-state index in [1.807, 2.05) is 38.9 Å². The van der Waals surface area contributed by atoms with Gasteiger partial charge in [-0.05, 0) is 39.0 Å². The van der Waals surface area contributed by atoms with Crippen LogP contribution in [0.25, 0.3) is 0 Å². The Hall–Kier alpha value is -2.83. The number of rotatable bonds is 5. The van der Waals surface area contributed by atoms with Gasteiger partial charge in [-0.25, -0.2) is 4.79 Å². The van der Waals surface area contributed by atoms with Crippen LogP contribution in [-0.2, 0) is 16.6 Å². The van der Waals surface area contributed by atoms with E-state index in [2.05, 4.69) is 10.4 Å². The van der Waals surface area contributed by atoms with E-state index in [1.165, 1.54) is 0 Å². The van der Waals surface area contributed by atoms with Crippen molar-refractivity contribution in [2.45, 2.75) is 26.9 Å². The molecule has 2 rings (SSSR count). The summed E-state index contributed by atoms with van der Waals surface area (Å²) in [5.41, 5.74) is 3.48. The van der Waals surface area contributed by atoms with Gasteiger partial charge in [0.15, 0.2) is 6.10 Å². The average Bonchev–Trinajstić information content (AvgIpc) is 2.81. The Bertz CT molecular complexity index is 796. The third-order valence-electron chi connectivity index (χ3n) is 4.01. The highest BCUT2D eigenvalue weighted by Gasteiger charge is 2.21. The Morgan fingerprint density at radius 1 is 1.28 bits per heavy atom. The van der Waals surface area contributed by atoms with Crippen LogP contribution in [0.3, 0.4) is 0 Å². The van der Waals surface area contributed by atoms with Crippen LogP contribution in [0.4, 0.5) is 11.4 Å². The molecule has 0 saturated carbocycles. The van der Waals surface area contributed by atoms with Crippen LogP contribution < -0.4 is 10.2 Å². The quantitative estimate of drug-likeness (QED) is 0.842. The number of anilines is 2. The normalized spacial score (nSPS) is 11.8. The zero-order chi connectivity index (χ0) is 18.7. The van der Waals surface area contributed by atoms with E-state index in [4.69, 9.17) is 4.74 Å². The van der Waals surface area contributed by atoms with E-state index >= 15 is 0 Å². The second-order valence-corrected chi connectivity index (χ2v) is 6.15. The molecule has 2 aromatic rings. The Balaban J connectivity index is 2.05. The standard InChI is InChI=1S/C18H24N4O3/c1-11-16(12(2)22(6)20-11)19-17(23)13(3)25-18(24)14-8-7-9-15(10-14)21(4)5/h7-10,13H,1-6H3,(H,19,23)/t13-/m1/s1. The highest BCUT2D eigenvalue weighted by molar-refractivity contribution is 5.98. The highest BCUT2D eigenvalue weighted by atomic mass is 16.5. The third kappa shape index (κ3) is 4.17. The van der Waals surface area contributed by atoms with Crippen LogP contribution in [0, 0.1) is 13.8 Å². The first-order valence-corrected chi connectivity index (χ1v) is 8.00. The summed E-state index contributed by atoms with van der Waals surface area (Å²) < 4.78 is 6.98. The molecule has 1 heterocycles. The minimum absolute atomic E-state index is 0.392. The number of nitrogens with one attached hydrogen (secondary N) is 1. The number of carbonyl (C=O) groups excluding carboxylic acids is 2. The first-order valence-electron chi connectivity index (χ1n) is 8.00. The number of esters is 1. The predicted molar refractivity (Wildman–Crippen MR) is 97.0 cm³/mol. The summed E-state index contributed by atoms with van der Waals surface area (Å²) in [5.74, 6) is -0.928. The maximum Gasteiger partial charge on any atom is 0.338 e. The number of carbonyl (C=O) groups is 2. The van der Waals surface area contributed by atoms with Gasteiger partial charge in [-0.1, -0.05) is 6.07 Å². The smallest absolute Gasteiger partial charge is 0.338 e. The van der Waals surface area contributed by atoms with E-state index in [-0.39, 0.29) is 0 Å². The fourth-order valence-corrected chi connectivity index (χ4v) is 2.37. The van der Waals surface area contributed by atoms with Crippen molar-refractivity contribution in [3.63, 3.8) is 0 Å². The van der Waals surface area contributed by atoms with Crippen molar-refractivity contribution < 1.29 is 14.3 Å². The second kappa shape index (κ2) is 7.38. The zero-order valence-electron chi connectivity index (χ0n) is 15.5. The Labute approximate surface area is 147 Å². The molecule has 0 aliphatic heterocycles. The van der Waals surface area contributed by atoms with Gasteiger partial charge in [-0.2, -0.15) is 5.10 Å². The second-order valence-electron chi connectivity index (χ2n) is 6.15. The molecule has 1 amide bonds. The van der Waals surface area contributed by atoms with Gasteiger partial charge in [0.2, 0.25) is 0 Å². The number of aryl methyl sites for hydroxylation is 2. The summed E-state index contributed by atoms with van der Waals surface area (Å²) in [6.07, 6.45) is -0.922. The zero-order valence-corrected chi connectivity index (χ0v) is 15.5. The van der Waals surface area contributed by atoms with Gasteiger partial charge in [0.1, 0.15) is 0 Å². The van der Waals surface area contributed by atoms with Crippen molar-refractivity contribution in [3.8, 4) is 0 Å². The molecule has 0 aliphatic rings. The van der Waals surface area contributed by atoms with Crippen LogP contribution >= 0.6 is 0 Å². The van der Waals surface area contributed by atoms with Crippen molar-refractivity contribution in [2.24, 2.45) is 7.05 Å². The van der Waals surface area contributed by atoms with Gasteiger partial charge in [-0.15, -0.1) is 0 Å². The molecule has 134 valence electrons. The maximum atomic E-state index is 12.3. The molecular formula is C18H24N4O3. The molecule has 1 atom stereocenters. The van der Waals surface area contributed by atoms with Gasteiger partial charge in [0.25, 0.3) is 5.91 Å². The molecule has 7 heteroatoms. The first-order chi connectivity index (χ1) is 11.7. The van der Waals surface area contributed by atoms with Gasteiger partial charge < -0.3 is 15.0 Å². The summed E-state index contributed by atoms with van der Waals surface area (Å²) in [6, 6.07) is 7.05. The maximum absolute atomic E-state index is 12.3. The molecule has 0 spiro atoms. The minimum atomic E-state index is -0.922. The molecule has 1 N–H and O–H groups in total. The molecule has 25 heavy (non-hydrogen) atoms. The molecule has 1 aromatic carbocycles. The highest BCUT2D eigenvalue weighted by Crippen LogP contribution is 2.19. The summed E-state index contributed by atoms with van der Waals surface area (Å²) in [4.78, 5) is 26.5. The topological polar surface area (TPSA) is 76.5 Å². The molecule has 0 unspecified atom stereocenters. The summed E-state index contributed by atoms with van der Waals surface area (Å²) in [5, 5.41) is 7.03. The first kappa shape index (κ1) is 18.5. The number of hydrogen-bond donors (Lipinski definition) is 1. The SMILES string of the molecule is Cc1nn(C)c(C)c1NC(=O)[C@@H](C)OC(=O)c1cccc(N(C)C)c1. The van der Waals surface area contributed by atoms with Crippen LogP contribution in [0.15, 0.2) is 24.3 Å². The molecule has 0 radical (unpaired) electrons. The summed E-state index contributed by atoms with van der Waals surface area (Å²) in [6.45, 7) is 5.22.